The Labute approximate surface area is 118 Å². The molecule has 1 aliphatic rings. The topological polar surface area (TPSA) is 58.3 Å². The van der Waals surface area contributed by atoms with Crippen molar-refractivity contribution < 1.29 is 10.2 Å². The Kier molecular flexibility index (Phi) is 3.26. The van der Waals surface area contributed by atoms with Crippen molar-refractivity contribution in [1.82, 2.24) is 9.78 Å². The molecule has 106 valence electrons. The molecule has 3 rings (SSSR count). The van der Waals surface area contributed by atoms with Crippen LogP contribution >= 0.6 is 0 Å². The van der Waals surface area contributed by atoms with Gasteiger partial charge in [0.2, 0.25) is 0 Å². The van der Waals surface area contributed by atoms with Crippen molar-refractivity contribution in [3.05, 3.63) is 36.0 Å². The molecule has 0 atom stereocenters. The van der Waals surface area contributed by atoms with Crippen molar-refractivity contribution in [2.24, 2.45) is 7.05 Å². The lowest BCUT2D eigenvalue weighted by Gasteiger charge is -2.32. The van der Waals surface area contributed by atoms with Gasteiger partial charge in [0.05, 0.1) is 5.60 Å². The summed E-state index contributed by atoms with van der Waals surface area (Å²) in [6.07, 6.45) is 6.65. The first-order valence-corrected chi connectivity index (χ1v) is 7.15. The summed E-state index contributed by atoms with van der Waals surface area (Å²) in [6.45, 7) is 0. The van der Waals surface area contributed by atoms with E-state index < -0.39 is 5.60 Å². The Morgan fingerprint density at radius 2 is 1.85 bits per heavy atom. The molecule has 20 heavy (non-hydrogen) atoms. The van der Waals surface area contributed by atoms with Crippen LogP contribution in [0.5, 0.6) is 5.75 Å². The van der Waals surface area contributed by atoms with Crippen LogP contribution < -0.4 is 0 Å². The number of aryl methyl sites for hydroxylation is 1. The fourth-order valence-corrected chi connectivity index (χ4v) is 3.11. The normalized spacial score (nSPS) is 18.1. The standard InChI is InChI=1S/C16H20N2O2/c1-18-11-13(16(20)9-5-2-6-10-16)15(17-18)12-7-3-4-8-14(12)19/h3-4,7-8,11,19-20H,2,5-6,9-10H2,1H3. The highest BCUT2D eigenvalue weighted by Gasteiger charge is 2.35. The summed E-state index contributed by atoms with van der Waals surface area (Å²) in [4.78, 5) is 0. The highest BCUT2D eigenvalue weighted by Crippen LogP contribution is 2.42. The lowest BCUT2D eigenvalue weighted by atomic mass is 9.79. The molecule has 1 aromatic heterocycles. The molecule has 0 unspecified atom stereocenters. The predicted octanol–water partition coefficient (Wildman–Crippen LogP) is 2.94. The van der Waals surface area contributed by atoms with Gasteiger partial charge >= 0.3 is 0 Å². The number of aromatic nitrogens is 2. The summed E-state index contributed by atoms with van der Waals surface area (Å²) in [7, 11) is 1.85. The molecule has 0 bridgehead atoms. The van der Waals surface area contributed by atoms with E-state index in [9.17, 15) is 10.2 Å². The fourth-order valence-electron chi connectivity index (χ4n) is 3.11. The van der Waals surface area contributed by atoms with Gasteiger partial charge in [-0.15, -0.1) is 0 Å². The van der Waals surface area contributed by atoms with Gasteiger partial charge < -0.3 is 10.2 Å². The smallest absolute Gasteiger partial charge is 0.125 e. The van der Waals surface area contributed by atoms with E-state index in [1.807, 2.05) is 25.4 Å². The minimum absolute atomic E-state index is 0.201. The largest absolute Gasteiger partial charge is 0.507 e. The van der Waals surface area contributed by atoms with E-state index in [2.05, 4.69) is 5.10 Å². The lowest BCUT2D eigenvalue weighted by molar-refractivity contribution is -0.000174. The minimum atomic E-state index is -0.815. The average molecular weight is 272 g/mol. The van der Waals surface area contributed by atoms with Crippen molar-refractivity contribution in [3.8, 4) is 17.0 Å². The van der Waals surface area contributed by atoms with Crippen molar-refractivity contribution in [1.29, 1.82) is 0 Å². The molecule has 0 spiro atoms. The number of benzene rings is 1. The third-order valence-corrected chi connectivity index (χ3v) is 4.17. The molecule has 1 fully saturated rings. The van der Waals surface area contributed by atoms with Crippen LogP contribution in [0.2, 0.25) is 0 Å². The highest BCUT2D eigenvalue weighted by atomic mass is 16.3. The van der Waals surface area contributed by atoms with Crippen molar-refractivity contribution in [3.63, 3.8) is 0 Å². The van der Waals surface area contributed by atoms with Gasteiger partial charge in [-0.25, -0.2) is 0 Å². The van der Waals surface area contributed by atoms with Crippen molar-refractivity contribution >= 4 is 0 Å². The maximum absolute atomic E-state index is 11.0. The van der Waals surface area contributed by atoms with Crippen LogP contribution in [-0.2, 0) is 12.6 Å². The molecule has 1 aliphatic carbocycles. The molecular weight excluding hydrogens is 252 g/mol. The summed E-state index contributed by atoms with van der Waals surface area (Å²) < 4.78 is 1.71. The molecule has 0 aliphatic heterocycles. The van der Waals surface area contributed by atoms with Crippen LogP contribution in [0.4, 0.5) is 0 Å². The first-order valence-electron chi connectivity index (χ1n) is 7.15. The summed E-state index contributed by atoms with van der Waals surface area (Å²) in [5, 5.41) is 25.5. The van der Waals surface area contributed by atoms with Crippen molar-refractivity contribution in [2.75, 3.05) is 0 Å². The van der Waals surface area contributed by atoms with Crippen molar-refractivity contribution in [2.45, 2.75) is 37.7 Å². The number of phenolic OH excluding ortho intramolecular Hbond substituents is 1. The summed E-state index contributed by atoms with van der Waals surface area (Å²) in [5.41, 5.74) is 1.39. The maximum atomic E-state index is 11.0. The van der Waals surface area contributed by atoms with Gasteiger partial charge in [-0.2, -0.15) is 5.10 Å². The van der Waals surface area contributed by atoms with E-state index >= 15 is 0 Å². The van der Waals surface area contributed by atoms with Gasteiger partial charge in [-0.05, 0) is 25.0 Å². The van der Waals surface area contributed by atoms with E-state index in [0.29, 0.717) is 11.3 Å². The van der Waals surface area contributed by atoms with E-state index in [-0.39, 0.29) is 5.75 Å². The van der Waals surface area contributed by atoms with Gasteiger partial charge in [0, 0.05) is 24.4 Å². The Balaban J connectivity index is 2.11. The number of para-hydroxylation sites is 1. The van der Waals surface area contributed by atoms with Gasteiger partial charge in [-0.1, -0.05) is 31.4 Å². The highest BCUT2D eigenvalue weighted by molar-refractivity contribution is 5.70. The number of phenols is 1. The molecule has 0 amide bonds. The average Bonchev–Trinajstić information content (AvgIpc) is 2.83. The van der Waals surface area contributed by atoms with E-state index in [1.165, 1.54) is 6.42 Å². The minimum Gasteiger partial charge on any atom is -0.507 e. The van der Waals surface area contributed by atoms with Crippen LogP contribution in [-0.4, -0.2) is 20.0 Å². The molecule has 2 N–H and O–H groups in total. The third-order valence-electron chi connectivity index (χ3n) is 4.17. The monoisotopic (exact) mass is 272 g/mol. The number of aliphatic hydroxyl groups is 1. The zero-order valence-corrected chi connectivity index (χ0v) is 11.7. The zero-order chi connectivity index (χ0) is 14.2. The Hall–Kier alpha value is -1.81. The molecule has 4 nitrogen and oxygen atoms in total. The molecule has 0 saturated heterocycles. The van der Waals surface area contributed by atoms with Crippen LogP contribution in [0.15, 0.2) is 30.5 Å². The fraction of sp³-hybridized carbons (Fsp3) is 0.438. The SMILES string of the molecule is Cn1cc(C2(O)CCCCC2)c(-c2ccccc2O)n1. The molecule has 4 heteroatoms. The maximum Gasteiger partial charge on any atom is 0.125 e. The molecule has 1 heterocycles. The van der Waals surface area contributed by atoms with Crippen LogP contribution in [0.25, 0.3) is 11.3 Å². The molecule has 1 saturated carbocycles. The Morgan fingerprint density at radius 3 is 2.55 bits per heavy atom. The summed E-state index contributed by atoms with van der Waals surface area (Å²) in [5.74, 6) is 0.201. The third kappa shape index (κ3) is 2.20. The van der Waals surface area contributed by atoms with Crippen LogP contribution in [0.3, 0.4) is 0 Å². The quantitative estimate of drug-likeness (QED) is 0.883. The van der Waals surface area contributed by atoms with Gasteiger partial charge in [-0.3, -0.25) is 4.68 Å². The predicted molar refractivity (Wildman–Crippen MR) is 77.3 cm³/mol. The van der Waals surface area contributed by atoms with Crippen LogP contribution in [0.1, 0.15) is 37.7 Å². The van der Waals surface area contributed by atoms with E-state index in [1.54, 1.807) is 16.8 Å². The van der Waals surface area contributed by atoms with Gasteiger partial charge in [0.15, 0.2) is 0 Å². The van der Waals surface area contributed by atoms with Gasteiger partial charge in [0.25, 0.3) is 0 Å². The molecular formula is C16H20N2O2. The van der Waals surface area contributed by atoms with Crippen LogP contribution in [0, 0.1) is 0 Å². The second-order valence-electron chi connectivity index (χ2n) is 5.67. The second kappa shape index (κ2) is 4.94. The summed E-state index contributed by atoms with van der Waals surface area (Å²) in [6, 6.07) is 7.15. The van der Waals surface area contributed by atoms with Gasteiger partial charge in [0.1, 0.15) is 11.4 Å². The Morgan fingerprint density at radius 1 is 1.15 bits per heavy atom. The molecule has 0 radical (unpaired) electrons. The number of aromatic hydroxyl groups is 1. The van der Waals surface area contributed by atoms with E-state index in [4.69, 9.17) is 0 Å². The number of hydrogen-bond donors (Lipinski definition) is 2. The number of nitrogens with zero attached hydrogens (tertiary/aromatic N) is 2. The molecule has 2 aromatic rings. The van der Waals surface area contributed by atoms with E-state index in [0.717, 1.165) is 31.2 Å². The number of rotatable bonds is 2. The first kappa shape index (κ1) is 13.2. The molecule has 1 aromatic carbocycles. The first-order chi connectivity index (χ1) is 9.60. The second-order valence-corrected chi connectivity index (χ2v) is 5.67. The Bertz CT molecular complexity index is 613. The summed E-state index contributed by atoms with van der Waals surface area (Å²) >= 11 is 0. The zero-order valence-electron chi connectivity index (χ0n) is 11.7. The number of hydrogen-bond acceptors (Lipinski definition) is 3. The lowest BCUT2D eigenvalue weighted by Crippen LogP contribution is -2.28.